The first-order valence-corrected chi connectivity index (χ1v) is 11.2. The number of halogens is 1. The molecule has 3 aromatic carbocycles. The van der Waals surface area contributed by atoms with Gasteiger partial charge in [-0.05, 0) is 67.4 Å². The number of carbonyl (C=O) groups excluding carboxylic acids is 1. The normalized spacial score (nSPS) is 11.1. The SMILES string of the molecule is Cc1ccc(C)c(N(CC(=O)Nc2ccc(Br)cc2)S(=O)(=O)c2ccccc2)c1. The third-order valence-electron chi connectivity index (χ3n) is 4.38. The van der Waals surface area contributed by atoms with Crippen LogP contribution in [0.1, 0.15) is 11.1 Å². The van der Waals surface area contributed by atoms with Crippen LogP contribution < -0.4 is 9.62 Å². The average molecular weight is 473 g/mol. The largest absolute Gasteiger partial charge is 0.325 e. The van der Waals surface area contributed by atoms with E-state index in [0.29, 0.717) is 11.4 Å². The van der Waals surface area contributed by atoms with Crippen molar-refractivity contribution < 1.29 is 13.2 Å². The summed E-state index contributed by atoms with van der Waals surface area (Å²) in [5.41, 5.74) is 2.76. The van der Waals surface area contributed by atoms with Crippen LogP contribution in [0.15, 0.2) is 82.2 Å². The summed E-state index contributed by atoms with van der Waals surface area (Å²) in [6.45, 7) is 3.38. The van der Waals surface area contributed by atoms with Crippen LogP contribution in [0.25, 0.3) is 0 Å². The van der Waals surface area contributed by atoms with Gasteiger partial charge in [-0.3, -0.25) is 9.10 Å². The van der Waals surface area contributed by atoms with Crippen molar-refractivity contribution in [1.82, 2.24) is 0 Å². The fourth-order valence-electron chi connectivity index (χ4n) is 2.87. The van der Waals surface area contributed by atoms with Crippen molar-refractivity contribution in [2.24, 2.45) is 0 Å². The van der Waals surface area contributed by atoms with Gasteiger partial charge >= 0.3 is 0 Å². The van der Waals surface area contributed by atoms with E-state index in [1.165, 1.54) is 16.4 Å². The smallest absolute Gasteiger partial charge is 0.264 e. The molecule has 0 bridgehead atoms. The van der Waals surface area contributed by atoms with Crippen molar-refractivity contribution in [3.63, 3.8) is 0 Å². The maximum absolute atomic E-state index is 13.4. The molecule has 0 heterocycles. The molecule has 3 rings (SSSR count). The molecule has 0 saturated carbocycles. The fraction of sp³-hybridized carbons (Fsp3) is 0.136. The first-order valence-electron chi connectivity index (χ1n) is 8.98. The van der Waals surface area contributed by atoms with E-state index in [1.54, 1.807) is 48.5 Å². The van der Waals surface area contributed by atoms with Crippen molar-refractivity contribution >= 4 is 43.2 Å². The molecule has 5 nitrogen and oxygen atoms in total. The molecule has 0 aliphatic rings. The highest BCUT2D eigenvalue weighted by Crippen LogP contribution is 2.28. The van der Waals surface area contributed by atoms with Gasteiger partial charge in [0.15, 0.2) is 0 Å². The number of amides is 1. The Morgan fingerprint density at radius 2 is 1.62 bits per heavy atom. The van der Waals surface area contributed by atoms with Crippen LogP contribution in [0.5, 0.6) is 0 Å². The number of anilines is 2. The van der Waals surface area contributed by atoms with E-state index in [1.807, 2.05) is 26.0 Å². The summed E-state index contributed by atoms with van der Waals surface area (Å²) in [7, 11) is -3.92. The molecule has 7 heteroatoms. The summed E-state index contributed by atoms with van der Waals surface area (Å²) in [4.78, 5) is 12.9. The van der Waals surface area contributed by atoms with Crippen LogP contribution in [-0.4, -0.2) is 20.9 Å². The molecule has 0 aliphatic heterocycles. The maximum atomic E-state index is 13.4. The Hall–Kier alpha value is -2.64. The van der Waals surface area contributed by atoms with Gasteiger partial charge < -0.3 is 5.32 Å². The molecular formula is C22H21BrN2O3S. The van der Waals surface area contributed by atoms with Crippen molar-refractivity contribution in [2.75, 3.05) is 16.2 Å². The predicted octanol–water partition coefficient (Wildman–Crippen LogP) is 4.90. The Labute approximate surface area is 179 Å². The third kappa shape index (κ3) is 5.05. The van der Waals surface area contributed by atoms with Crippen LogP contribution in [0.4, 0.5) is 11.4 Å². The van der Waals surface area contributed by atoms with Gasteiger partial charge in [-0.2, -0.15) is 0 Å². The number of nitrogens with zero attached hydrogens (tertiary/aromatic N) is 1. The number of hydrogen-bond donors (Lipinski definition) is 1. The van der Waals surface area contributed by atoms with Gasteiger partial charge in [0.05, 0.1) is 10.6 Å². The van der Waals surface area contributed by atoms with Crippen molar-refractivity contribution in [3.05, 3.63) is 88.4 Å². The molecule has 0 saturated heterocycles. The molecular weight excluding hydrogens is 452 g/mol. The van der Waals surface area contributed by atoms with Gasteiger partial charge in [-0.1, -0.05) is 46.3 Å². The lowest BCUT2D eigenvalue weighted by Gasteiger charge is -2.26. The van der Waals surface area contributed by atoms with Gasteiger partial charge in [0.25, 0.3) is 10.0 Å². The van der Waals surface area contributed by atoms with Crippen LogP contribution in [0.3, 0.4) is 0 Å². The number of benzene rings is 3. The lowest BCUT2D eigenvalue weighted by molar-refractivity contribution is -0.114. The van der Waals surface area contributed by atoms with E-state index < -0.39 is 15.9 Å². The summed E-state index contributed by atoms with van der Waals surface area (Å²) in [6.07, 6.45) is 0. The van der Waals surface area contributed by atoms with E-state index >= 15 is 0 Å². The second kappa shape index (κ2) is 8.80. The topological polar surface area (TPSA) is 66.5 Å². The molecule has 0 atom stereocenters. The van der Waals surface area contributed by atoms with Crippen molar-refractivity contribution in [2.45, 2.75) is 18.7 Å². The molecule has 3 aromatic rings. The van der Waals surface area contributed by atoms with Gasteiger partial charge in [-0.15, -0.1) is 0 Å². The number of hydrogen-bond acceptors (Lipinski definition) is 3. The van der Waals surface area contributed by atoms with Gasteiger partial charge in [0.2, 0.25) is 5.91 Å². The number of sulfonamides is 1. The van der Waals surface area contributed by atoms with E-state index in [4.69, 9.17) is 0 Å². The van der Waals surface area contributed by atoms with Crippen LogP contribution in [0, 0.1) is 13.8 Å². The number of rotatable bonds is 6. The van der Waals surface area contributed by atoms with E-state index in [0.717, 1.165) is 15.6 Å². The zero-order valence-corrected chi connectivity index (χ0v) is 18.5. The summed E-state index contributed by atoms with van der Waals surface area (Å²) >= 11 is 3.35. The zero-order chi connectivity index (χ0) is 21.0. The van der Waals surface area contributed by atoms with E-state index in [9.17, 15) is 13.2 Å². The quantitative estimate of drug-likeness (QED) is 0.554. The highest BCUT2D eigenvalue weighted by molar-refractivity contribution is 9.10. The maximum Gasteiger partial charge on any atom is 0.264 e. The Balaban J connectivity index is 1.98. The van der Waals surface area contributed by atoms with Crippen LogP contribution >= 0.6 is 15.9 Å². The standard InChI is InChI=1S/C22H21BrN2O3S/c1-16-8-9-17(2)21(14-16)25(29(27,28)20-6-4-3-5-7-20)15-22(26)24-19-12-10-18(23)11-13-19/h3-14H,15H2,1-2H3,(H,24,26). The fourth-order valence-corrected chi connectivity index (χ4v) is 4.63. The molecule has 0 fully saturated rings. The average Bonchev–Trinajstić information content (AvgIpc) is 2.70. The lowest BCUT2D eigenvalue weighted by Crippen LogP contribution is -2.38. The molecule has 1 amide bonds. The summed E-state index contributed by atoms with van der Waals surface area (Å²) in [5, 5.41) is 2.76. The van der Waals surface area contributed by atoms with E-state index in [2.05, 4.69) is 21.2 Å². The number of nitrogens with one attached hydrogen (secondary N) is 1. The molecule has 0 radical (unpaired) electrons. The second-order valence-electron chi connectivity index (χ2n) is 6.67. The highest BCUT2D eigenvalue weighted by atomic mass is 79.9. The summed E-state index contributed by atoms with van der Waals surface area (Å²) in [5.74, 6) is -0.423. The highest BCUT2D eigenvalue weighted by Gasteiger charge is 2.28. The third-order valence-corrected chi connectivity index (χ3v) is 6.68. The molecule has 0 aliphatic carbocycles. The minimum Gasteiger partial charge on any atom is -0.325 e. The number of carbonyl (C=O) groups is 1. The van der Waals surface area contributed by atoms with Crippen LogP contribution in [0.2, 0.25) is 0 Å². The number of aryl methyl sites for hydroxylation is 2. The Morgan fingerprint density at radius 1 is 0.966 bits per heavy atom. The first-order chi connectivity index (χ1) is 13.8. The molecule has 0 aromatic heterocycles. The molecule has 150 valence electrons. The molecule has 0 unspecified atom stereocenters. The lowest BCUT2D eigenvalue weighted by atomic mass is 10.1. The monoisotopic (exact) mass is 472 g/mol. The van der Waals surface area contributed by atoms with Crippen molar-refractivity contribution in [3.8, 4) is 0 Å². The molecule has 29 heavy (non-hydrogen) atoms. The Kier molecular flexibility index (Phi) is 6.39. The minimum absolute atomic E-state index is 0.136. The van der Waals surface area contributed by atoms with E-state index in [-0.39, 0.29) is 11.4 Å². The van der Waals surface area contributed by atoms with Gasteiger partial charge in [-0.25, -0.2) is 8.42 Å². The minimum atomic E-state index is -3.92. The first kappa shape index (κ1) is 21.1. The summed E-state index contributed by atoms with van der Waals surface area (Å²) in [6, 6.07) is 20.8. The molecule has 0 spiro atoms. The summed E-state index contributed by atoms with van der Waals surface area (Å²) < 4.78 is 28.8. The Morgan fingerprint density at radius 3 is 2.28 bits per heavy atom. The van der Waals surface area contributed by atoms with Gasteiger partial charge in [0, 0.05) is 10.2 Å². The Bertz CT molecular complexity index is 1110. The van der Waals surface area contributed by atoms with Crippen LogP contribution in [-0.2, 0) is 14.8 Å². The predicted molar refractivity (Wildman–Crippen MR) is 120 cm³/mol. The van der Waals surface area contributed by atoms with Gasteiger partial charge in [0.1, 0.15) is 6.54 Å². The second-order valence-corrected chi connectivity index (χ2v) is 9.45. The van der Waals surface area contributed by atoms with Crippen molar-refractivity contribution in [1.29, 1.82) is 0 Å². The zero-order valence-electron chi connectivity index (χ0n) is 16.1. The molecule has 1 N–H and O–H groups in total.